The molecule has 0 fully saturated rings. The van der Waals surface area contributed by atoms with Gasteiger partial charge in [0.25, 0.3) is 5.91 Å². The number of hydrogen-bond acceptors (Lipinski definition) is 3. The van der Waals surface area contributed by atoms with Crippen LogP contribution in [0.2, 0.25) is 5.02 Å². The molecule has 172 valence electrons. The van der Waals surface area contributed by atoms with Crippen molar-refractivity contribution in [3.05, 3.63) is 39.9 Å². The quantitative estimate of drug-likeness (QED) is 0.364. The van der Waals surface area contributed by atoms with Crippen LogP contribution in [0.4, 0.5) is 17.6 Å². The summed E-state index contributed by atoms with van der Waals surface area (Å²) in [5.41, 5.74) is -1.89. The molecule has 1 N–H and O–H groups in total. The summed E-state index contributed by atoms with van der Waals surface area (Å²) in [5.74, 6) is -2.27. The van der Waals surface area contributed by atoms with Crippen molar-refractivity contribution in [2.45, 2.75) is 17.9 Å². The standard InChI is InChI=1S/C19H19Cl3F4N2O3/c1-28(3-4-30-2)16(29)9-31-15-5-10(13(23)6-12(15)22)17-11(7-20)18(19(24,25)26)27-14(17)8-21/h5-6,27H,3-4,7-9H2,1-2H3. The topological polar surface area (TPSA) is 54.6 Å². The van der Waals surface area contributed by atoms with Crippen LogP contribution in [-0.4, -0.2) is 49.7 Å². The number of aromatic nitrogens is 1. The summed E-state index contributed by atoms with van der Waals surface area (Å²) in [6.07, 6.45) is -4.75. The van der Waals surface area contributed by atoms with E-state index in [1.807, 2.05) is 0 Å². The van der Waals surface area contributed by atoms with Crippen molar-refractivity contribution >= 4 is 40.7 Å². The average molecular weight is 506 g/mol. The largest absolute Gasteiger partial charge is 0.482 e. The van der Waals surface area contributed by atoms with Crippen LogP contribution in [0.25, 0.3) is 11.1 Å². The molecule has 12 heteroatoms. The lowest BCUT2D eigenvalue weighted by Gasteiger charge is -2.18. The molecular weight excluding hydrogens is 487 g/mol. The van der Waals surface area contributed by atoms with Gasteiger partial charge in [-0.1, -0.05) is 11.6 Å². The van der Waals surface area contributed by atoms with E-state index in [2.05, 4.69) is 4.98 Å². The summed E-state index contributed by atoms with van der Waals surface area (Å²) in [7, 11) is 3.03. The number of methoxy groups -OCH3 is 1. The molecule has 31 heavy (non-hydrogen) atoms. The number of rotatable bonds is 9. The Kier molecular flexibility index (Phi) is 8.88. The Morgan fingerprint density at radius 3 is 2.45 bits per heavy atom. The Bertz CT molecular complexity index is 935. The van der Waals surface area contributed by atoms with Gasteiger partial charge in [-0.15, -0.1) is 23.2 Å². The zero-order valence-electron chi connectivity index (χ0n) is 16.5. The molecule has 0 aliphatic carbocycles. The van der Waals surface area contributed by atoms with E-state index in [1.54, 1.807) is 7.05 Å². The molecule has 0 bridgehead atoms. The summed E-state index contributed by atoms with van der Waals surface area (Å²) < 4.78 is 65.1. The Labute approximate surface area is 191 Å². The zero-order valence-corrected chi connectivity index (χ0v) is 18.8. The molecule has 2 aromatic rings. The van der Waals surface area contributed by atoms with Gasteiger partial charge in [0.15, 0.2) is 6.61 Å². The van der Waals surface area contributed by atoms with Crippen molar-refractivity contribution < 1.29 is 31.8 Å². The van der Waals surface area contributed by atoms with E-state index in [1.165, 1.54) is 12.0 Å². The minimum Gasteiger partial charge on any atom is -0.482 e. The minimum absolute atomic E-state index is 0.0628. The molecule has 0 saturated carbocycles. The van der Waals surface area contributed by atoms with Crippen molar-refractivity contribution in [2.75, 3.05) is 33.9 Å². The number of benzene rings is 1. The van der Waals surface area contributed by atoms with Crippen LogP contribution >= 0.6 is 34.8 Å². The smallest absolute Gasteiger partial charge is 0.431 e. The highest BCUT2D eigenvalue weighted by Gasteiger charge is 2.38. The monoisotopic (exact) mass is 504 g/mol. The van der Waals surface area contributed by atoms with Gasteiger partial charge < -0.3 is 19.4 Å². The van der Waals surface area contributed by atoms with Crippen LogP contribution in [0.5, 0.6) is 5.75 Å². The average Bonchev–Trinajstić information content (AvgIpc) is 3.10. The van der Waals surface area contributed by atoms with Gasteiger partial charge in [0.05, 0.1) is 23.4 Å². The summed E-state index contributed by atoms with van der Waals surface area (Å²) in [5, 5.41) is -0.153. The fraction of sp³-hybridized carbons (Fsp3) is 0.421. The molecule has 0 atom stereocenters. The Morgan fingerprint density at radius 1 is 1.23 bits per heavy atom. The first-order valence-electron chi connectivity index (χ1n) is 8.83. The van der Waals surface area contributed by atoms with Crippen molar-refractivity contribution in [2.24, 2.45) is 0 Å². The predicted molar refractivity (Wildman–Crippen MR) is 110 cm³/mol. The van der Waals surface area contributed by atoms with Crippen LogP contribution in [0.1, 0.15) is 17.0 Å². The van der Waals surface area contributed by atoms with Crippen LogP contribution in [0.15, 0.2) is 12.1 Å². The highest BCUT2D eigenvalue weighted by molar-refractivity contribution is 6.32. The van der Waals surface area contributed by atoms with Crippen molar-refractivity contribution in [3.63, 3.8) is 0 Å². The lowest BCUT2D eigenvalue weighted by atomic mass is 10.00. The number of alkyl halides is 5. The number of likely N-dealkylation sites (N-methyl/N-ethyl adjacent to an activating group) is 1. The Morgan fingerprint density at radius 2 is 1.90 bits per heavy atom. The minimum atomic E-state index is -4.75. The van der Waals surface area contributed by atoms with E-state index in [9.17, 15) is 22.4 Å². The molecular formula is C19H19Cl3F4N2O3. The lowest BCUT2D eigenvalue weighted by molar-refractivity contribution is -0.141. The maximum absolute atomic E-state index is 14.7. The lowest BCUT2D eigenvalue weighted by Crippen LogP contribution is -2.33. The van der Waals surface area contributed by atoms with E-state index >= 15 is 0 Å². The molecule has 0 spiro atoms. The van der Waals surface area contributed by atoms with Crippen molar-refractivity contribution in [1.29, 1.82) is 0 Å². The van der Waals surface area contributed by atoms with Gasteiger partial charge in [-0.3, -0.25) is 4.79 Å². The second-order valence-corrected chi connectivity index (χ2v) is 7.40. The number of amides is 1. The number of carbonyl (C=O) groups excluding carboxylic acids is 1. The maximum atomic E-state index is 14.7. The predicted octanol–water partition coefficient (Wildman–Crippen LogP) is 5.45. The number of aromatic amines is 1. The van der Waals surface area contributed by atoms with Gasteiger partial charge in [-0.25, -0.2) is 4.39 Å². The van der Waals surface area contributed by atoms with Gasteiger partial charge in [0, 0.05) is 43.1 Å². The molecule has 5 nitrogen and oxygen atoms in total. The fourth-order valence-electron chi connectivity index (χ4n) is 2.83. The van der Waals surface area contributed by atoms with Gasteiger partial charge in [-0.2, -0.15) is 13.2 Å². The first-order valence-corrected chi connectivity index (χ1v) is 10.3. The van der Waals surface area contributed by atoms with Gasteiger partial charge in [0.1, 0.15) is 17.3 Å². The SMILES string of the molecule is COCCN(C)C(=O)COc1cc(-c2c(CCl)[nH]c(C(F)(F)F)c2CCl)c(F)cc1Cl. The summed E-state index contributed by atoms with van der Waals surface area (Å²) in [6, 6.07) is 2.01. The molecule has 1 heterocycles. The molecule has 0 aliphatic rings. The summed E-state index contributed by atoms with van der Waals surface area (Å²) in [6.45, 7) is 0.223. The number of nitrogens with zero attached hydrogens (tertiary/aromatic N) is 1. The normalized spacial score (nSPS) is 11.6. The van der Waals surface area contributed by atoms with Crippen molar-refractivity contribution in [3.8, 4) is 16.9 Å². The Hall–Kier alpha value is -1.68. The third-order valence-corrected chi connectivity index (χ3v) is 5.26. The number of nitrogens with one attached hydrogen (secondary N) is 1. The number of halogens is 7. The van der Waals surface area contributed by atoms with E-state index in [-0.39, 0.29) is 39.0 Å². The summed E-state index contributed by atoms with van der Waals surface area (Å²) in [4.78, 5) is 15.7. The van der Waals surface area contributed by atoms with Gasteiger partial charge in [-0.05, 0) is 12.1 Å². The van der Waals surface area contributed by atoms with Crippen LogP contribution in [0.3, 0.4) is 0 Å². The second kappa shape index (κ2) is 10.8. The Balaban J connectivity index is 2.44. The third-order valence-electron chi connectivity index (χ3n) is 4.43. The molecule has 1 aromatic heterocycles. The highest BCUT2D eigenvalue weighted by Crippen LogP contribution is 2.43. The molecule has 0 saturated heterocycles. The first-order chi connectivity index (χ1) is 14.5. The molecule has 0 unspecified atom stereocenters. The molecule has 1 aromatic carbocycles. The van der Waals surface area contributed by atoms with Gasteiger partial charge >= 0.3 is 6.18 Å². The van der Waals surface area contributed by atoms with E-state index < -0.39 is 36.1 Å². The molecule has 0 radical (unpaired) electrons. The molecule has 0 aliphatic heterocycles. The number of H-pyrrole nitrogens is 1. The number of ether oxygens (including phenoxy) is 2. The maximum Gasteiger partial charge on any atom is 0.431 e. The second-order valence-electron chi connectivity index (χ2n) is 6.46. The summed E-state index contributed by atoms with van der Waals surface area (Å²) >= 11 is 17.6. The van der Waals surface area contributed by atoms with Crippen LogP contribution in [-0.2, 0) is 27.5 Å². The zero-order chi connectivity index (χ0) is 23.3. The van der Waals surface area contributed by atoms with E-state index in [0.717, 1.165) is 12.1 Å². The van der Waals surface area contributed by atoms with Crippen LogP contribution in [0, 0.1) is 5.82 Å². The molecule has 1 amide bonds. The highest BCUT2D eigenvalue weighted by atomic mass is 35.5. The van der Waals surface area contributed by atoms with E-state index in [0.29, 0.717) is 13.2 Å². The number of carbonyl (C=O) groups is 1. The number of hydrogen-bond donors (Lipinski definition) is 1. The molecule has 2 rings (SSSR count). The van der Waals surface area contributed by atoms with Crippen molar-refractivity contribution in [1.82, 2.24) is 9.88 Å². The van der Waals surface area contributed by atoms with E-state index in [4.69, 9.17) is 44.3 Å². The fourth-order valence-corrected chi connectivity index (χ4v) is 3.50. The first kappa shape index (κ1) is 25.6. The third kappa shape index (κ3) is 5.97. The van der Waals surface area contributed by atoms with Crippen LogP contribution < -0.4 is 4.74 Å². The van der Waals surface area contributed by atoms with Gasteiger partial charge in [0.2, 0.25) is 0 Å².